The number of nitrogens with one attached hydrogen (secondary N) is 1. The van der Waals surface area contributed by atoms with Crippen LogP contribution in [0.1, 0.15) is 5.56 Å². The minimum absolute atomic E-state index is 0.127. The molecule has 0 bridgehead atoms. The Morgan fingerprint density at radius 1 is 1.09 bits per heavy atom. The summed E-state index contributed by atoms with van der Waals surface area (Å²) >= 11 is 0. The van der Waals surface area contributed by atoms with Crippen molar-refractivity contribution >= 4 is 11.6 Å². The molecule has 0 aliphatic carbocycles. The summed E-state index contributed by atoms with van der Waals surface area (Å²) < 4.78 is 55.1. The molecule has 0 unspecified atom stereocenters. The van der Waals surface area contributed by atoms with E-state index in [2.05, 4.69) is 5.32 Å². The Labute approximate surface area is 123 Å². The van der Waals surface area contributed by atoms with Gasteiger partial charge in [-0.1, -0.05) is 6.07 Å². The quantitative estimate of drug-likeness (QED) is 0.870. The third-order valence-corrected chi connectivity index (χ3v) is 2.66. The Kier molecular flexibility index (Phi) is 4.65. The third-order valence-electron chi connectivity index (χ3n) is 2.66. The molecule has 2 rings (SSSR count). The first-order valence-electron chi connectivity index (χ1n) is 6.20. The Morgan fingerprint density at radius 3 is 2.36 bits per heavy atom. The molecule has 2 aromatic carbocycles. The molecule has 1 N–H and O–H groups in total. The lowest BCUT2D eigenvalue weighted by Gasteiger charge is -2.09. The highest BCUT2D eigenvalue weighted by Crippen LogP contribution is 2.30. The van der Waals surface area contributed by atoms with Crippen molar-refractivity contribution in [1.82, 2.24) is 0 Å². The van der Waals surface area contributed by atoms with Gasteiger partial charge in [0.15, 0.2) is 6.61 Å². The van der Waals surface area contributed by atoms with Crippen LogP contribution in [0.2, 0.25) is 0 Å². The second-order valence-electron chi connectivity index (χ2n) is 4.37. The van der Waals surface area contributed by atoms with E-state index in [0.717, 1.165) is 30.3 Å². The fourth-order valence-corrected chi connectivity index (χ4v) is 1.65. The van der Waals surface area contributed by atoms with Gasteiger partial charge >= 0.3 is 6.18 Å². The summed E-state index contributed by atoms with van der Waals surface area (Å²) in [5.74, 6) is -0.922. The van der Waals surface area contributed by atoms with Crippen molar-refractivity contribution in [2.45, 2.75) is 6.18 Å². The molecule has 0 heterocycles. The van der Waals surface area contributed by atoms with Crippen molar-refractivity contribution < 1.29 is 27.1 Å². The van der Waals surface area contributed by atoms with Gasteiger partial charge in [-0.2, -0.15) is 13.2 Å². The average molecular weight is 313 g/mol. The molecule has 0 spiro atoms. The predicted octanol–water partition coefficient (Wildman–Crippen LogP) is 3.86. The Balaban J connectivity index is 1.88. The molecule has 3 nitrogen and oxygen atoms in total. The monoisotopic (exact) mass is 313 g/mol. The number of ether oxygens (including phenoxy) is 1. The van der Waals surface area contributed by atoms with Gasteiger partial charge in [-0.15, -0.1) is 0 Å². The van der Waals surface area contributed by atoms with Crippen LogP contribution in [0.4, 0.5) is 23.2 Å². The van der Waals surface area contributed by atoms with E-state index < -0.39 is 30.1 Å². The molecule has 7 heteroatoms. The van der Waals surface area contributed by atoms with Crippen LogP contribution in [-0.4, -0.2) is 12.5 Å². The molecule has 0 fully saturated rings. The number of halogens is 4. The number of amides is 1. The van der Waals surface area contributed by atoms with Gasteiger partial charge in [-0.05, 0) is 42.5 Å². The van der Waals surface area contributed by atoms with Crippen LogP contribution in [0, 0.1) is 5.82 Å². The molecule has 116 valence electrons. The summed E-state index contributed by atoms with van der Waals surface area (Å²) in [7, 11) is 0. The van der Waals surface area contributed by atoms with Crippen LogP contribution in [0.15, 0.2) is 48.5 Å². The first kappa shape index (κ1) is 15.8. The molecule has 0 aliphatic rings. The number of carbonyl (C=O) groups excluding carboxylic acids is 1. The van der Waals surface area contributed by atoms with Gasteiger partial charge in [0.1, 0.15) is 11.6 Å². The van der Waals surface area contributed by atoms with Gasteiger partial charge in [0, 0.05) is 5.69 Å². The number of rotatable bonds is 4. The molecule has 0 aromatic heterocycles. The van der Waals surface area contributed by atoms with Crippen molar-refractivity contribution in [2.75, 3.05) is 11.9 Å². The largest absolute Gasteiger partial charge is 0.484 e. The van der Waals surface area contributed by atoms with Gasteiger partial charge in [0.2, 0.25) is 0 Å². The maximum absolute atomic E-state index is 12.9. The number of alkyl halides is 3. The van der Waals surface area contributed by atoms with Crippen LogP contribution in [0.5, 0.6) is 5.75 Å². The van der Waals surface area contributed by atoms with Gasteiger partial charge in [-0.25, -0.2) is 4.39 Å². The summed E-state index contributed by atoms with van der Waals surface area (Å²) in [6.07, 6.45) is -4.42. The van der Waals surface area contributed by atoms with E-state index >= 15 is 0 Å². The lowest BCUT2D eigenvalue weighted by molar-refractivity contribution is -0.137. The Morgan fingerprint density at radius 2 is 1.77 bits per heavy atom. The molecule has 0 saturated carbocycles. The van der Waals surface area contributed by atoms with Crippen molar-refractivity contribution in [1.29, 1.82) is 0 Å². The van der Waals surface area contributed by atoms with Crippen LogP contribution < -0.4 is 10.1 Å². The summed E-state index contributed by atoms with van der Waals surface area (Å²) in [4.78, 5) is 11.6. The van der Waals surface area contributed by atoms with E-state index in [1.807, 2.05) is 0 Å². The number of benzene rings is 2. The lowest BCUT2D eigenvalue weighted by Crippen LogP contribution is -2.20. The van der Waals surface area contributed by atoms with Gasteiger partial charge in [0.25, 0.3) is 5.91 Å². The Bertz CT molecular complexity index is 653. The summed E-state index contributed by atoms with van der Waals surface area (Å²) in [6, 6.07) is 9.27. The van der Waals surface area contributed by atoms with Crippen molar-refractivity contribution in [3.8, 4) is 5.75 Å². The van der Waals surface area contributed by atoms with Gasteiger partial charge < -0.3 is 10.1 Å². The SMILES string of the molecule is O=C(COc1ccc(C(F)(F)F)cc1)Nc1cccc(F)c1. The molecule has 0 aliphatic heterocycles. The van der Waals surface area contributed by atoms with E-state index in [1.54, 1.807) is 0 Å². The van der Waals surface area contributed by atoms with E-state index in [9.17, 15) is 22.4 Å². The fourth-order valence-electron chi connectivity index (χ4n) is 1.65. The van der Waals surface area contributed by atoms with Crippen molar-refractivity contribution in [3.05, 3.63) is 59.9 Å². The van der Waals surface area contributed by atoms with Crippen LogP contribution in [0.25, 0.3) is 0 Å². The minimum Gasteiger partial charge on any atom is -0.484 e. The van der Waals surface area contributed by atoms with E-state index in [4.69, 9.17) is 4.74 Å². The van der Waals surface area contributed by atoms with Crippen molar-refractivity contribution in [3.63, 3.8) is 0 Å². The highest BCUT2D eigenvalue weighted by Gasteiger charge is 2.30. The first-order chi connectivity index (χ1) is 10.3. The molecule has 1 amide bonds. The van der Waals surface area contributed by atoms with E-state index in [1.165, 1.54) is 18.2 Å². The number of hydrogen-bond acceptors (Lipinski definition) is 2. The first-order valence-corrected chi connectivity index (χ1v) is 6.20. The van der Waals surface area contributed by atoms with Crippen LogP contribution in [0.3, 0.4) is 0 Å². The second-order valence-corrected chi connectivity index (χ2v) is 4.37. The zero-order valence-corrected chi connectivity index (χ0v) is 11.2. The molecule has 0 saturated heterocycles. The standard InChI is InChI=1S/C15H11F4NO2/c16-11-2-1-3-12(8-11)20-14(21)9-22-13-6-4-10(5-7-13)15(17,18)19/h1-8H,9H2,(H,20,21). The lowest BCUT2D eigenvalue weighted by atomic mass is 10.2. The number of hydrogen-bond donors (Lipinski definition) is 1. The second kappa shape index (κ2) is 6.46. The van der Waals surface area contributed by atoms with Crippen molar-refractivity contribution in [2.24, 2.45) is 0 Å². The maximum Gasteiger partial charge on any atom is 0.416 e. The molecule has 2 aromatic rings. The molecule has 0 atom stereocenters. The zero-order chi connectivity index (χ0) is 16.2. The minimum atomic E-state index is -4.42. The highest BCUT2D eigenvalue weighted by molar-refractivity contribution is 5.91. The molecular weight excluding hydrogens is 302 g/mol. The average Bonchev–Trinajstić information content (AvgIpc) is 2.45. The Hall–Kier alpha value is -2.57. The molecule has 22 heavy (non-hydrogen) atoms. The predicted molar refractivity (Wildman–Crippen MR) is 72.0 cm³/mol. The van der Waals surface area contributed by atoms with E-state index in [0.29, 0.717) is 0 Å². The summed E-state index contributed by atoms with van der Waals surface area (Å²) in [6.45, 7) is -0.401. The maximum atomic E-state index is 12.9. The van der Waals surface area contributed by atoms with Gasteiger partial charge in [-0.3, -0.25) is 4.79 Å². The molecular formula is C15H11F4NO2. The van der Waals surface area contributed by atoms with Crippen LogP contribution in [-0.2, 0) is 11.0 Å². The summed E-state index contributed by atoms with van der Waals surface area (Å²) in [5, 5.41) is 2.40. The summed E-state index contributed by atoms with van der Waals surface area (Å²) in [5.41, 5.74) is -0.537. The zero-order valence-electron chi connectivity index (χ0n) is 11.2. The van der Waals surface area contributed by atoms with Crippen LogP contribution >= 0.6 is 0 Å². The normalized spacial score (nSPS) is 11.1. The topological polar surface area (TPSA) is 38.3 Å². The fraction of sp³-hybridized carbons (Fsp3) is 0.133. The number of anilines is 1. The van der Waals surface area contributed by atoms with Gasteiger partial charge in [0.05, 0.1) is 5.56 Å². The third kappa shape index (κ3) is 4.47. The molecule has 0 radical (unpaired) electrons. The highest BCUT2D eigenvalue weighted by atomic mass is 19.4. The van der Waals surface area contributed by atoms with E-state index in [-0.39, 0.29) is 11.4 Å². The number of carbonyl (C=O) groups is 1. The smallest absolute Gasteiger partial charge is 0.416 e.